The molecular weight excluding hydrogens is 169 g/mol. The number of benzene rings is 1. The van der Waals surface area contributed by atoms with Crippen LogP contribution in [-0.4, -0.2) is 19.3 Å². The van der Waals surface area contributed by atoms with Gasteiger partial charge in [-0.15, -0.1) is 0 Å². The molecule has 1 aromatic rings. The van der Waals surface area contributed by atoms with Gasteiger partial charge in [-0.3, -0.25) is 0 Å². The molecule has 70 valence electrons. The van der Waals surface area contributed by atoms with Crippen LogP contribution in [0.1, 0.15) is 11.5 Å². The summed E-state index contributed by atoms with van der Waals surface area (Å²) in [6.07, 6.45) is 0. The van der Waals surface area contributed by atoms with Gasteiger partial charge in [-0.2, -0.15) is 0 Å². The average Bonchev–Trinajstić information content (AvgIpc) is 2.51. The molecule has 2 rings (SSSR count). The quantitative estimate of drug-likeness (QED) is 0.708. The molecule has 1 aliphatic rings. The maximum atomic E-state index is 12.9. The van der Waals surface area contributed by atoms with Gasteiger partial charge < -0.3 is 10.5 Å². The van der Waals surface area contributed by atoms with E-state index in [1.165, 1.54) is 12.1 Å². The predicted octanol–water partition coefficient (Wildman–Crippen LogP) is 1.27. The van der Waals surface area contributed by atoms with E-state index in [0.29, 0.717) is 13.2 Å². The molecule has 0 radical (unpaired) electrons. The van der Waals surface area contributed by atoms with E-state index in [4.69, 9.17) is 10.5 Å². The van der Waals surface area contributed by atoms with Gasteiger partial charge in [0.1, 0.15) is 5.82 Å². The first-order valence-electron chi connectivity index (χ1n) is 4.36. The average molecular weight is 181 g/mol. The first-order chi connectivity index (χ1) is 6.27. The maximum Gasteiger partial charge on any atom is 0.123 e. The Morgan fingerprint density at radius 2 is 2.23 bits per heavy atom. The van der Waals surface area contributed by atoms with Crippen molar-refractivity contribution in [2.24, 2.45) is 5.73 Å². The second-order valence-corrected chi connectivity index (χ2v) is 3.36. The summed E-state index contributed by atoms with van der Waals surface area (Å²) in [5, 5.41) is 0. The van der Waals surface area contributed by atoms with Gasteiger partial charge >= 0.3 is 0 Å². The van der Waals surface area contributed by atoms with Crippen LogP contribution in [0.4, 0.5) is 4.39 Å². The second-order valence-electron chi connectivity index (χ2n) is 3.36. The topological polar surface area (TPSA) is 35.2 Å². The number of hydrogen-bond acceptors (Lipinski definition) is 2. The number of rotatable bonds is 1. The van der Waals surface area contributed by atoms with Crippen molar-refractivity contribution >= 4 is 0 Å². The molecule has 0 saturated carbocycles. The Bertz CT molecular complexity index is 303. The molecule has 2 atom stereocenters. The molecule has 1 saturated heterocycles. The Morgan fingerprint density at radius 1 is 1.38 bits per heavy atom. The van der Waals surface area contributed by atoms with E-state index in [1.54, 1.807) is 6.07 Å². The zero-order valence-electron chi connectivity index (χ0n) is 7.24. The van der Waals surface area contributed by atoms with Crippen molar-refractivity contribution < 1.29 is 9.13 Å². The van der Waals surface area contributed by atoms with Crippen LogP contribution in [0.3, 0.4) is 0 Å². The molecule has 1 aromatic carbocycles. The van der Waals surface area contributed by atoms with Gasteiger partial charge in [0.2, 0.25) is 0 Å². The molecule has 2 N–H and O–H groups in total. The Morgan fingerprint density at radius 3 is 2.85 bits per heavy atom. The van der Waals surface area contributed by atoms with E-state index in [2.05, 4.69) is 0 Å². The summed E-state index contributed by atoms with van der Waals surface area (Å²) in [7, 11) is 0. The van der Waals surface area contributed by atoms with Gasteiger partial charge in [0.05, 0.1) is 13.2 Å². The standard InChI is InChI=1S/C10H12FNO/c11-8-3-1-2-7(4-8)9-5-13-6-10(9)12/h1-4,9-10H,5-6,12H2. The largest absolute Gasteiger partial charge is 0.379 e. The lowest BCUT2D eigenvalue weighted by molar-refractivity contribution is 0.191. The van der Waals surface area contributed by atoms with Crippen molar-refractivity contribution in [3.8, 4) is 0 Å². The highest BCUT2D eigenvalue weighted by Gasteiger charge is 2.26. The Hall–Kier alpha value is -0.930. The Kier molecular flexibility index (Phi) is 2.29. The predicted molar refractivity (Wildman–Crippen MR) is 47.9 cm³/mol. The van der Waals surface area contributed by atoms with E-state index in [9.17, 15) is 4.39 Å². The van der Waals surface area contributed by atoms with Gasteiger partial charge in [0, 0.05) is 12.0 Å². The highest BCUT2D eigenvalue weighted by Crippen LogP contribution is 2.24. The summed E-state index contributed by atoms with van der Waals surface area (Å²) in [6.45, 7) is 1.17. The van der Waals surface area contributed by atoms with Crippen molar-refractivity contribution in [1.29, 1.82) is 0 Å². The van der Waals surface area contributed by atoms with Crippen LogP contribution in [-0.2, 0) is 4.74 Å². The van der Waals surface area contributed by atoms with Gasteiger partial charge in [-0.25, -0.2) is 4.39 Å². The smallest absolute Gasteiger partial charge is 0.123 e. The van der Waals surface area contributed by atoms with E-state index >= 15 is 0 Å². The number of halogens is 1. The minimum absolute atomic E-state index is 0.00167. The lowest BCUT2D eigenvalue weighted by Crippen LogP contribution is -2.26. The molecule has 0 bridgehead atoms. The number of hydrogen-bond donors (Lipinski definition) is 1. The van der Waals surface area contributed by atoms with Gasteiger partial charge in [-0.05, 0) is 17.7 Å². The Balaban J connectivity index is 2.24. The number of ether oxygens (including phenoxy) is 1. The summed E-state index contributed by atoms with van der Waals surface area (Å²) in [5.41, 5.74) is 6.75. The monoisotopic (exact) mass is 181 g/mol. The first kappa shape index (κ1) is 8.66. The van der Waals surface area contributed by atoms with Crippen molar-refractivity contribution in [1.82, 2.24) is 0 Å². The van der Waals surface area contributed by atoms with Crippen LogP contribution in [0.15, 0.2) is 24.3 Å². The van der Waals surface area contributed by atoms with Gasteiger partial charge in [0.25, 0.3) is 0 Å². The molecule has 2 unspecified atom stereocenters. The molecule has 13 heavy (non-hydrogen) atoms. The van der Waals surface area contributed by atoms with E-state index < -0.39 is 0 Å². The van der Waals surface area contributed by atoms with E-state index in [1.807, 2.05) is 6.07 Å². The molecule has 2 nitrogen and oxygen atoms in total. The summed E-state index contributed by atoms with van der Waals surface area (Å²) >= 11 is 0. The van der Waals surface area contributed by atoms with Crippen molar-refractivity contribution in [2.75, 3.05) is 13.2 Å². The molecule has 3 heteroatoms. The first-order valence-corrected chi connectivity index (χ1v) is 4.36. The van der Waals surface area contributed by atoms with Gasteiger partial charge in [-0.1, -0.05) is 12.1 Å². The number of nitrogens with two attached hydrogens (primary N) is 1. The summed E-state index contributed by atoms with van der Waals surface area (Å²) in [6, 6.07) is 6.56. The van der Waals surface area contributed by atoms with E-state index in [-0.39, 0.29) is 17.8 Å². The normalized spacial score (nSPS) is 27.8. The SMILES string of the molecule is NC1COCC1c1cccc(F)c1. The fourth-order valence-electron chi connectivity index (χ4n) is 1.65. The van der Waals surface area contributed by atoms with Crippen molar-refractivity contribution in [3.05, 3.63) is 35.6 Å². The fraction of sp³-hybridized carbons (Fsp3) is 0.400. The summed E-state index contributed by atoms with van der Waals surface area (Å²) < 4.78 is 18.1. The Labute approximate surface area is 76.5 Å². The maximum absolute atomic E-state index is 12.9. The highest BCUT2D eigenvalue weighted by molar-refractivity contribution is 5.23. The molecule has 0 spiro atoms. The molecule has 1 aliphatic heterocycles. The molecule has 0 aromatic heterocycles. The van der Waals surface area contributed by atoms with Crippen LogP contribution >= 0.6 is 0 Å². The minimum Gasteiger partial charge on any atom is -0.379 e. The second kappa shape index (κ2) is 3.44. The van der Waals surface area contributed by atoms with Gasteiger partial charge in [0.15, 0.2) is 0 Å². The fourth-order valence-corrected chi connectivity index (χ4v) is 1.65. The molecule has 1 fully saturated rings. The van der Waals surface area contributed by atoms with Crippen LogP contribution in [0.25, 0.3) is 0 Å². The van der Waals surface area contributed by atoms with Crippen LogP contribution in [0.5, 0.6) is 0 Å². The molecule has 0 amide bonds. The third kappa shape index (κ3) is 1.71. The lowest BCUT2D eigenvalue weighted by atomic mass is 9.95. The van der Waals surface area contributed by atoms with Crippen LogP contribution < -0.4 is 5.73 Å². The molecule has 0 aliphatic carbocycles. The summed E-state index contributed by atoms with van der Waals surface area (Å²) in [4.78, 5) is 0. The van der Waals surface area contributed by atoms with Crippen LogP contribution in [0.2, 0.25) is 0 Å². The van der Waals surface area contributed by atoms with Crippen molar-refractivity contribution in [3.63, 3.8) is 0 Å². The summed E-state index contributed by atoms with van der Waals surface area (Å²) in [5.74, 6) is -0.0627. The van der Waals surface area contributed by atoms with Crippen molar-refractivity contribution in [2.45, 2.75) is 12.0 Å². The minimum atomic E-state index is -0.211. The highest BCUT2D eigenvalue weighted by atomic mass is 19.1. The zero-order valence-corrected chi connectivity index (χ0v) is 7.24. The third-order valence-corrected chi connectivity index (χ3v) is 2.40. The van der Waals surface area contributed by atoms with E-state index in [0.717, 1.165) is 5.56 Å². The lowest BCUT2D eigenvalue weighted by Gasteiger charge is -2.12. The van der Waals surface area contributed by atoms with Crippen LogP contribution in [0, 0.1) is 5.82 Å². The third-order valence-electron chi connectivity index (χ3n) is 2.40. The molecule has 1 heterocycles. The zero-order chi connectivity index (χ0) is 9.26. The molecular formula is C10H12FNO.